The lowest BCUT2D eigenvalue weighted by Crippen LogP contribution is -2.21. The lowest BCUT2D eigenvalue weighted by Gasteiger charge is -2.15. The van der Waals surface area contributed by atoms with E-state index in [2.05, 4.69) is 28.1 Å². The molecular formula is C17H14BrNO. The molecule has 0 spiro atoms. The van der Waals surface area contributed by atoms with Gasteiger partial charge in [0.2, 0.25) is 0 Å². The van der Waals surface area contributed by atoms with E-state index in [4.69, 9.17) is 0 Å². The van der Waals surface area contributed by atoms with Crippen LogP contribution in [-0.4, -0.2) is 4.57 Å². The molecule has 0 bridgehead atoms. The summed E-state index contributed by atoms with van der Waals surface area (Å²) in [5.74, 6) is 0. The molecule has 0 N–H and O–H groups in total. The number of nitrogens with zero attached hydrogens (tertiary/aromatic N) is 1. The summed E-state index contributed by atoms with van der Waals surface area (Å²) in [6.45, 7) is 0. The minimum Gasteiger partial charge on any atom is -0.314 e. The molecule has 0 unspecified atom stereocenters. The number of rotatable bonds is 2. The van der Waals surface area contributed by atoms with Gasteiger partial charge < -0.3 is 4.57 Å². The molecule has 3 aromatic rings. The number of hydrogen-bond donors (Lipinski definition) is 0. The third-order valence-electron chi connectivity index (χ3n) is 3.61. The molecule has 1 heterocycles. The summed E-state index contributed by atoms with van der Waals surface area (Å²) in [7, 11) is 1.83. The summed E-state index contributed by atoms with van der Waals surface area (Å²) in [6, 6.07) is 18.0. The average molecular weight is 328 g/mol. The SMILES string of the molecule is Cn1c(CBr)c(-c2ccccc2)c2ccccc2c1=O. The summed E-state index contributed by atoms with van der Waals surface area (Å²) < 4.78 is 1.74. The summed E-state index contributed by atoms with van der Waals surface area (Å²) >= 11 is 3.52. The molecule has 3 heteroatoms. The van der Waals surface area contributed by atoms with Crippen LogP contribution < -0.4 is 5.56 Å². The van der Waals surface area contributed by atoms with E-state index in [1.165, 1.54) is 0 Å². The van der Waals surface area contributed by atoms with Crippen molar-refractivity contribution in [2.45, 2.75) is 5.33 Å². The number of fused-ring (bicyclic) bond motifs is 1. The maximum absolute atomic E-state index is 12.4. The monoisotopic (exact) mass is 327 g/mol. The highest BCUT2D eigenvalue weighted by molar-refractivity contribution is 9.08. The molecule has 2 aromatic carbocycles. The van der Waals surface area contributed by atoms with Crippen molar-refractivity contribution in [2.24, 2.45) is 7.05 Å². The Morgan fingerprint density at radius 1 is 0.950 bits per heavy atom. The molecule has 20 heavy (non-hydrogen) atoms. The Labute approximate surface area is 125 Å². The van der Waals surface area contributed by atoms with Crippen LogP contribution in [0, 0.1) is 0 Å². The molecule has 0 radical (unpaired) electrons. The van der Waals surface area contributed by atoms with Crippen molar-refractivity contribution in [3.63, 3.8) is 0 Å². The molecule has 0 aliphatic carbocycles. The summed E-state index contributed by atoms with van der Waals surface area (Å²) in [5, 5.41) is 2.42. The van der Waals surface area contributed by atoms with Gasteiger partial charge in [0.15, 0.2) is 0 Å². The van der Waals surface area contributed by atoms with Crippen LogP contribution in [0.5, 0.6) is 0 Å². The molecule has 0 aliphatic heterocycles. The quantitative estimate of drug-likeness (QED) is 0.649. The fourth-order valence-corrected chi connectivity index (χ4v) is 3.25. The second-order valence-corrected chi connectivity index (χ2v) is 5.29. The predicted molar refractivity (Wildman–Crippen MR) is 87.3 cm³/mol. The van der Waals surface area contributed by atoms with Gasteiger partial charge in [0.1, 0.15) is 0 Å². The van der Waals surface area contributed by atoms with Crippen molar-refractivity contribution in [1.82, 2.24) is 4.57 Å². The summed E-state index contributed by atoms with van der Waals surface area (Å²) in [6.07, 6.45) is 0. The van der Waals surface area contributed by atoms with Crippen molar-refractivity contribution in [3.05, 3.63) is 70.6 Å². The topological polar surface area (TPSA) is 22.0 Å². The van der Waals surface area contributed by atoms with Crippen molar-refractivity contribution < 1.29 is 0 Å². The van der Waals surface area contributed by atoms with Gasteiger partial charge >= 0.3 is 0 Å². The average Bonchev–Trinajstić information content (AvgIpc) is 2.51. The maximum Gasteiger partial charge on any atom is 0.258 e. The molecule has 0 saturated carbocycles. The highest BCUT2D eigenvalue weighted by Crippen LogP contribution is 2.31. The van der Waals surface area contributed by atoms with E-state index >= 15 is 0 Å². The molecule has 0 amide bonds. The van der Waals surface area contributed by atoms with E-state index in [1.54, 1.807) is 4.57 Å². The largest absolute Gasteiger partial charge is 0.314 e. The number of pyridine rings is 1. The highest BCUT2D eigenvalue weighted by Gasteiger charge is 2.14. The minimum atomic E-state index is 0.0507. The Morgan fingerprint density at radius 2 is 1.55 bits per heavy atom. The van der Waals surface area contributed by atoms with Crippen LogP contribution in [0.15, 0.2) is 59.4 Å². The van der Waals surface area contributed by atoms with Crippen molar-refractivity contribution in [2.75, 3.05) is 0 Å². The third kappa shape index (κ3) is 1.98. The van der Waals surface area contributed by atoms with Gasteiger partial charge in [-0.05, 0) is 17.0 Å². The molecule has 0 fully saturated rings. The first-order valence-corrected chi connectivity index (χ1v) is 7.58. The van der Waals surface area contributed by atoms with Crippen LogP contribution in [0.3, 0.4) is 0 Å². The van der Waals surface area contributed by atoms with Gasteiger partial charge in [-0.1, -0.05) is 64.5 Å². The van der Waals surface area contributed by atoms with Gasteiger partial charge in [0.25, 0.3) is 5.56 Å². The second-order valence-electron chi connectivity index (χ2n) is 4.73. The van der Waals surface area contributed by atoms with Gasteiger partial charge in [0, 0.05) is 29.0 Å². The first kappa shape index (κ1) is 13.1. The van der Waals surface area contributed by atoms with Crippen LogP contribution in [0.1, 0.15) is 5.69 Å². The summed E-state index contributed by atoms with van der Waals surface area (Å²) in [5.41, 5.74) is 3.31. The van der Waals surface area contributed by atoms with Crippen LogP contribution in [0.4, 0.5) is 0 Å². The number of benzene rings is 2. The van der Waals surface area contributed by atoms with Crippen LogP contribution in [0.2, 0.25) is 0 Å². The van der Waals surface area contributed by atoms with Crippen LogP contribution in [0.25, 0.3) is 21.9 Å². The van der Waals surface area contributed by atoms with Crippen LogP contribution in [-0.2, 0) is 12.4 Å². The number of hydrogen-bond acceptors (Lipinski definition) is 1. The van der Waals surface area contributed by atoms with E-state index in [9.17, 15) is 4.79 Å². The third-order valence-corrected chi connectivity index (χ3v) is 4.15. The molecule has 2 nitrogen and oxygen atoms in total. The van der Waals surface area contributed by atoms with E-state index in [0.29, 0.717) is 5.33 Å². The zero-order chi connectivity index (χ0) is 14.1. The van der Waals surface area contributed by atoms with Gasteiger partial charge in [-0.25, -0.2) is 0 Å². The lowest BCUT2D eigenvalue weighted by molar-refractivity contribution is 0.828. The normalized spacial score (nSPS) is 10.9. The van der Waals surface area contributed by atoms with Gasteiger partial charge in [-0.2, -0.15) is 0 Å². The predicted octanol–water partition coefficient (Wildman–Crippen LogP) is 4.10. The van der Waals surface area contributed by atoms with Crippen molar-refractivity contribution >= 4 is 26.7 Å². The Hall–Kier alpha value is -1.87. The standard InChI is InChI=1S/C17H14BrNO/c1-19-15(11-18)16(12-7-3-2-4-8-12)13-9-5-6-10-14(13)17(19)20/h2-10H,11H2,1H3. The highest BCUT2D eigenvalue weighted by atomic mass is 79.9. The number of halogens is 1. The van der Waals surface area contributed by atoms with Gasteiger partial charge in [-0.15, -0.1) is 0 Å². The first-order chi connectivity index (χ1) is 9.74. The fourth-order valence-electron chi connectivity index (χ4n) is 2.60. The van der Waals surface area contributed by atoms with Crippen molar-refractivity contribution in [1.29, 1.82) is 0 Å². The minimum absolute atomic E-state index is 0.0507. The molecule has 1 aromatic heterocycles. The van der Waals surface area contributed by atoms with Crippen LogP contribution >= 0.6 is 15.9 Å². The molecule has 0 aliphatic rings. The first-order valence-electron chi connectivity index (χ1n) is 6.46. The second kappa shape index (κ2) is 5.25. The smallest absolute Gasteiger partial charge is 0.258 e. The molecule has 0 atom stereocenters. The molecule has 100 valence electrons. The van der Waals surface area contributed by atoms with Gasteiger partial charge in [-0.3, -0.25) is 4.79 Å². The Morgan fingerprint density at radius 3 is 2.20 bits per heavy atom. The molecular weight excluding hydrogens is 314 g/mol. The van der Waals surface area contributed by atoms with E-state index in [-0.39, 0.29) is 5.56 Å². The Bertz CT molecular complexity index is 822. The fraction of sp³-hybridized carbons (Fsp3) is 0.118. The van der Waals surface area contributed by atoms with Gasteiger partial charge in [0.05, 0.1) is 0 Å². The van der Waals surface area contributed by atoms with E-state index < -0.39 is 0 Å². The van der Waals surface area contributed by atoms with E-state index in [0.717, 1.165) is 27.6 Å². The lowest BCUT2D eigenvalue weighted by atomic mass is 9.97. The van der Waals surface area contributed by atoms with Crippen molar-refractivity contribution in [3.8, 4) is 11.1 Å². The molecule has 3 rings (SSSR count). The summed E-state index contributed by atoms with van der Waals surface area (Å²) in [4.78, 5) is 12.4. The zero-order valence-electron chi connectivity index (χ0n) is 11.1. The zero-order valence-corrected chi connectivity index (χ0v) is 12.7. The maximum atomic E-state index is 12.4. The van der Waals surface area contributed by atoms with E-state index in [1.807, 2.05) is 49.5 Å². The molecule has 0 saturated heterocycles. The number of alkyl halides is 1. The number of aromatic nitrogens is 1. The Balaban J connectivity index is 2.52. The Kier molecular flexibility index (Phi) is 3.45.